The summed E-state index contributed by atoms with van der Waals surface area (Å²) < 4.78 is 4.91. The van der Waals surface area contributed by atoms with Gasteiger partial charge in [0.1, 0.15) is 0 Å². The molecule has 0 bridgehead atoms. The molecule has 4 saturated carbocycles. The van der Waals surface area contributed by atoms with E-state index in [2.05, 4.69) is 20.8 Å². The lowest BCUT2D eigenvalue weighted by Gasteiger charge is -2.61. The van der Waals surface area contributed by atoms with Crippen LogP contribution < -0.4 is 0 Å². The summed E-state index contributed by atoms with van der Waals surface area (Å²) in [6.45, 7) is 9.93. The van der Waals surface area contributed by atoms with Crippen molar-refractivity contribution in [3.05, 3.63) is 0 Å². The molecular formula is C28H48O2. The van der Waals surface area contributed by atoms with Crippen molar-refractivity contribution in [3.8, 4) is 0 Å². The molecule has 0 N–H and O–H groups in total. The Bertz CT molecular complexity index is 614. The summed E-state index contributed by atoms with van der Waals surface area (Å²) in [4.78, 5) is 11.7. The molecule has 2 nitrogen and oxygen atoms in total. The van der Waals surface area contributed by atoms with E-state index in [4.69, 9.17) is 4.74 Å². The first-order valence-corrected chi connectivity index (χ1v) is 13.4. The quantitative estimate of drug-likeness (QED) is 0.416. The van der Waals surface area contributed by atoms with Crippen LogP contribution in [0.2, 0.25) is 0 Å². The van der Waals surface area contributed by atoms with E-state index in [-0.39, 0.29) is 11.9 Å². The van der Waals surface area contributed by atoms with Gasteiger partial charge in [0, 0.05) is 0 Å². The number of methoxy groups -OCH3 is 1. The minimum Gasteiger partial charge on any atom is -0.469 e. The maximum absolute atomic E-state index is 11.7. The lowest BCUT2D eigenvalue weighted by atomic mass is 9.44. The van der Waals surface area contributed by atoms with Crippen LogP contribution in [0.15, 0.2) is 0 Å². The predicted octanol–water partition coefficient (Wildman–Crippen LogP) is 7.65. The number of carbonyl (C=O) groups excluding carboxylic acids is 1. The standard InChI is InChI=1S/C28H48O2/c1-19(9-8-10-20(2)26(29)30-5)23-14-15-24-22-13-12-21-11-6-7-17-27(21,3)25(22)16-18-28(23,24)4/h19-25H,6-18H2,1-5H3/t19-,20?,21+,22+,23-,24+,25+,27+,28-/m1/s1. The van der Waals surface area contributed by atoms with Crippen molar-refractivity contribution in [1.29, 1.82) is 0 Å². The minimum atomic E-state index is -0.0410. The molecule has 0 aromatic heterocycles. The van der Waals surface area contributed by atoms with E-state index in [1.165, 1.54) is 84.2 Å². The van der Waals surface area contributed by atoms with Gasteiger partial charge < -0.3 is 4.74 Å². The van der Waals surface area contributed by atoms with Gasteiger partial charge in [-0.05, 0) is 104 Å². The highest BCUT2D eigenvalue weighted by molar-refractivity contribution is 5.71. The third kappa shape index (κ3) is 3.77. The number of carbonyl (C=O) groups is 1. The fraction of sp³-hybridized carbons (Fsp3) is 0.964. The number of hydrogen-bond acceptors (Lipinski definition) is 2. The molecule has 0 heterocycles. The molecule has 0 radical (unpaired) electrons. The molecule has 2 heteroatoms. The first kappa shape index (κ1) is 22.7. The Morgan fingerprint density at radius 2 is 1.67 bits per heavy atom. The molecule has 4 aliphatic carbocycles. The summed E-state index contributed by atoms with van der Waals surface area (Å²) in [7, 11) is 1.51. The van der Waals surface area contributed by atoms with Crippen molar-refractivity contribution in [2.24, 2.45) is 52.3 Å². The van der Waals surface area contributed by atoms with Gasteiger partial charge in [-0.25, -0.2) is 0 Å². The van der Waals surface area contributed by atoms with Crippen LogP contribution in [0.1, 0.15) is 111 Å². The summed E-state index contributed by atoms with van der Waals surface area (Å²) in [5.74, 6) is 5.75. The first-order valence-electron chi connectivity index (χ1n) is 13.4. The van der Waals surface area contributed by atoms with E-state index in [0.717, 1.165) is 41.9 Å². The lowest BCUT2D eigenvalue weighted by molar-refractivity contribution is -0.145. The molecule has 0 aromatic rings. The second-order valence-corrected chi connectivity index (χ2v) is 12.5. The molecule has 0 aromatic carbocycles. The third-order valence-electron chi connectivity index (χ3n) is 11.2. The summed E-state index contributed by atoms with van der Waals surface area (Å²) in [6, 6.07) is 0. The normalized spacial score (nSPS) is 45.0. The predicted molar refractivity (Wildman–Crippen MR) is 124 cm³/mol. The van der Waals surface area contributed by atoms with E-state index in [1.54, 1.807) is 0 Å². The van der Waals surface area contributed by atoms with Gasteiger partial charge in [0.25, 0.3) is 0 Å². The Balaban J connectivity index is 1.39. The van der Waals surface area contributed by atoms with Crippen molar-refractivity contribution < 1.29 is 9.53 Å². The maximum atomic E-state index is 11.7. The van der Waals surface area contributed by atoms with Crippen molar-refractivity contribution in [2.75, 3.05) is 7.11 Å². The van der Waals surface area contributed by atoms with E-state index in [9.17, 15) is 4.79 Å². The topological polar surface area (TPSA) is 26.3 Å². The molecule has 4 fully saturated rings. The van der Waals surface area contributed by atoms with E-state index in [0.29, 0.717) is 10.8 Å². The van der Waals surface area contributed by atoms with Crippen LogP contribution in [0.3, 0.4) is 0 Å². The number of ether oxygens (including phenoxy) is 1. The highest BCUT2D eigenvalue weighted by Crippen LogP contribution is 2.68. The maximum Gasteiger partial charge on any atom is 0.308 e. The van der Waals surface area contributed by atoms with Crippen molar-refractivity contribution in [1.82, 2.24) is 0 Å². The van der Waals surface area contributed by atoms with Crippen LogP contribution in [-0.2, 0) is 9.53 Å². The van der Waals surface area contributed by atoms with Crippen LogP contribution in [0, 0.1) is 52.3 Å². The average Bonchev–Trinajstić information content (AvgIpc) is 3.09. The highest BCUT2D eigenvalue weighted by Gasteiger charge is 2.60. The number of fused-ring (bicyclic) bond motifs is 5. The number of rotatable bonds is 6. The Morgan fingerprint density at radius 3 is 2.43 bits per heavy atom. The van der Waals surface area contributed by atoms with Crippen molar-refractivity contribution >= 4 is 5.97 Å². The zero-order valence-corrected chi connectivity index (χ0v) is 20.6. The van der Waals surface area contributed by atoms with E-state index in [1.807, 2.05) is 6.92 Å². The van der Waals surface area contributed by atoms with Crippen LogP contribution in [0.5, 0.6) is 0 Å². The van der Waals surface area contributed by atoms with Gasteiger partial charge in [0.2, 0.25) is 0 Å². The monoisotopic (exact) mass is 416 g/mol. The van der Waals surface area contributed by atoms with Crippen LogP contribution >= 0.6 is 0 Å². The molecule has 4 rings (SSSR count). The molecule has 0 amide bonds. The second-order valence-electron chi connectivity index (χ2n) is 12.5. The molecule has 172 valence electrons. The molecule has 0 aliphatic heterocycles. The molecule has 0 spiro atoms. The van der Waals surface area contributed by atoms with Gasteiger partial charge in [-0.2, -0.15) is 0 Å². The average molecular weight is 417 g/mol. The molecule has 0 saturated heterocycles. The lowest BCUT2D eigenvalue weighted by Crippen LogP contribution is -2.53. The van der Waals surface area contributed by atoms with Gasteiger partial charge in [-0.3, -0.25) is 4.79 Å². The van der Waals surface area contributed by atoms with Crippen molar-refractivity contribution in [3.63, 3.8) is 0 Å². The third-order valence-corrected chi connectivity index (χ3v) is 11.2. The smallest absolute Gasteiger partial charge is 0.308 e. The summed E-state index contributed by atoms with van der Waals surface area (Å²) in [5, 5.41) is 0. The van der Waals surface area contributed by atoms with Gasteiger partial charge >= 0.3 is 5.97 Å². The highest BCUT2D eigenvalue weighted by atomic mass is 16.5. The summed E-state index contributed by atoms with van der Waals surface area (Å²) in [6.07, 6.45) is 18.4. The summed E-state index contributed by atoms with van der Waals surface area (Å²) >= 11 is 0. The van der Waals surface area contributed by atoms with Crippen LogP contribution in [0.25, 0.3) is 0 Å². The number of hydrogen-bond donors (Lipinski definition) is 0. The SMILES string of the molecule is COC(=O)C(C)CCC[C@@H](C)[C@H]1CC[C@H]2[C@@H]3CC[C@@H]4CCCC[C@]4(C)[C@H]3CC[C@]12C. The Kier molecular flexibility index (Phi) is 6.63. The number of esters is 1. The largest absolute Gasteiger partial charge is 0.469 e. The first-order chi connectivity index (χ1) is 14.3. The fourth-order valence-electron chi connectivity index (χ4n) is 9.54. The van der Waals surface area contributed by atoms with Gasteiger partial charge in [-0.15, -0.1) is 0 Å². The second kappa shape index (κ2) is 8.78. The van der Waals surface area contributed by atoms with E-state index >= 15 is 0 Å². The molecular weight excluding hydrogens is 368 g/mol. The molecule has 9 atom stereocenters. The van der Waals surface area contributed by atoms with Gasteiger partial charge in [0.05, 0.1) is 13.0 Å². The van der Waals surface area contributed by atoms with E-state index < -0.39 is 0 Å². The Labute approximate surface area is 186 Å². The van der Waals surface area contributed by atoms with Gasteiger partial charge in [0.15, 0.2) is 0 Å². The zero-order valence-electron chi connectivity index (χ0n) is 20.6. The Morgan fingerprint density at radius 1 is 0.900 bits per heavy atom. The van der Waals surface area contributed by atoms with Crippen molar-refractivity contribution in [2.45, 2.75) is 111 Å². The molecule has 4 aliphatic rings. The van der Waals surface area contributed by atoms with Crippen LogP contribution in [0.4, 0.5) is 0 Å². The minimum absolute atomic E-state index is 0.0410. The fourth-order valence-corrected chi connectivity index (χ4v) is 9.54. The van der Waals surface area contributed by atoms with Crippen LogP contribution in [-0.4, -0.2) is 13.1 Å². The van der Waals surface area contributed by atoms with Gasteiger partial charge in [-0.1, -0.05) is 53.4 Å². The summed E-state index contributed by atoms with van der Waals surface area (Å²) in [5.41, 5.74) is 1.24. The molecule has 30 heavy (non-hydrogen) atoms. The zero-order chi connectivity index (χ0) is 21.5. The Hall–Kier alpha value is -0.530. The molecule has 1 unspecified atom stereocenters.